The summed E-state index contributed by atoms with van der Waals surface area (Å²) in [5.74, 6) is 1.69. The molecule has 4 nitrogen and oxygen atoms in total. The molecule has 2 aliphatic heterocycles. The van der Waals surface area contributed by atoms with Crippen LogP contribution in [-0.4, -0.2) is 35.6 Å². The zero-order valence-corrected chi connectivity index (χ0v) is 10.5. The molecule has 80 valence electrons. The van der Waals surface area contributed by atoms with Gasteiger partial charge in [0, 0.05) is 41.6 Å². The van der Waals surface area contributed by atoms with Crippen LogP contribution in [0.15, 0.2) is 12.4 Å². The molecule has 5 heteroatoms. The summed E-state index contributed by atoms with van der Waals surface area (Å²) in [4.78, 5) is 11.1. The SMILES string of the molecule is Ic1cnc(N2CC[C@H]3CNC[C@H]32)nc1. The molecule has 1 aromatic rings. The molecule has 0 bridgehead atoms. The molecule has 15 heavy (non-hydrogen) atoms. The van der Waals surface area contributed by atoms with Gasteiger partial charge in [-0.3, -0.25) is 0 Å². The molecule has 1 N–H and O–H groups in total. The molecule has 1 aromatic heterocycles. The van der Waals surface area contributed by atoms with Crippen LogP contribution < -0.4 is 10.2 Å². The largest absolute Gasteiger partial charge is 0.336 e. The van der Waals surface area contributed by atoms with E-state index in [4.69, 9.17) is 0 Å². The molecule has 3 rings (SSSR count). The molecule has 0 saturated carbocycles. The maximum absolute atomic E-state index is 4.40. The number of rotatable bonds is 1. The van der Waals surface area contributed by atoms with Crippen LogP contribution in [0.1, 0.15) is 6.42 Å². The minimum absolute atomic E-state index is 0.616. The Hall–Kier alpha value is -0.430. The number of anilines is 1. The third-order valence-corrected chi connectivity index (χ3v) is 3.87. The lowest BCUT2D eigenvalue weighted by Crippen LogP contribution is -2.35. The summed E-state index contributed by atoms with van der Waals surface area (Å²) in [6.07, 6.45) is 5.05. The second-order valence-corrected chi connectivity index (χ2v) is 5.41. The molecule has 2 atom stereocenters. The van der Waals surface area contributed by atoms with Gasteiger partial charge >= 0.3 is 0 Å². The number of hydrogen-bond donors (Lipinski definition) is 1. The minimum Gasteiger partial charge on any atom is -0.336 e. The van der Waals surface area contributed by atoms with Gasteiger partial charge < -0.3 is 10.2 Å². The second-order valence-electron chi connectivity index (χ2n) is 4.17. The van der Waals surface area contributed by atoms with Crippen LogP contribution in [0.5, 0.6) is 0 Å². The first-order valence-corrected chi connectivity index (χ1v) is 6.37. The quantitative estimate of drug-likeness (QED) is 0.781. The van der Waals surface area contributed by atoms with Crippen molar-refractivity contribution in [2.24, 2.45) is 5.92 Å². The lowest BCUT2D eigenvalue weighted by Gasteiger charge is -2.22. The highest BCUT2D eigenvalue weighted by Crippen LogP contribution is 2.29. The van der Waals surface area contributed by atoms with Crippen molar-refractivity contribution in [3.05, 3.63) is 16.0 Å². The Kier molecular flexibility index (Phi) is 2.51. The van der Waals surface area contributed by atoms with Crippen molar-refractivity contribution in [3.8, 4) is 0 Å². The van der Waals surface area contributed by atoms with Gasteiger partial charge in [-0.2, -0.15) is 0 Å². The Morgan fingerprint density at radius 3 is 2.93 bits per heavy atom. The highest BCUT2D eigenvalue weighted by Gasteiger charge is 2.38. The van der Waals surface area contributed by atoms with Crippen LogP contribution in [-0.2, 0) is 0 Å². The first kappa shape index (κ1) is 9.77. The molecule has 0 amide bonds. The zero-order valence-electron chi connectivity index (χ0n) is 8.36. The number of nitrogens with one attached hydrogen (secondary N) is 1. The van der Waals surface area contributed by atoms with Gasteiger partial charge in [0.1, 0.15) is 0 Å². The van der Waals surface area contributed by atoms with Crippen LogP contribution in [0, 0.1) is 9.49 Å². The van der Waals surface area contributed by atoms with Crippen LogP contribution in [0.4, 0.5) is 5.95 Å². The van der Waals surface area contributed by atoms with Gasteiger partial charge in [0.25, 0.3) is 0 Å². The summed E-state index contributed by atoms with van der Waals surface area (Å²) in [5.41, 5.74) is 0. The summed E-state index contributed by atoms with van der Waals surface area (Å²) in [6.45, 7) is 3.35. The highest BCUT2D eigenvalue weighted by molar-refractivity contribution is 14.1. The predicted molar refractivity (Wildman–Crippen MR) is 66.9 cm³/mol. The summed E-state index contributed by atoms with van der Waals surface area (Å²) < 4.78 is 1.09. The fraction of sp³-hybridized carbons (Fsp3) is 0.600. The van der Waals surface area contributed by atoms with Crippen LogP contribution >= 0.6 is 22.6 Å². The smallest absolute Gasteiger partial charge is 0.225 e. The molecule has 2 fully saturated rings. The van der Waals surface area contributed by atoms with E-state index in [9.17, 15) is 0 Å². The molecule has 0 spiro atoms. The van der Waals surface area contributed by atoms with E-state index in [1.807, 2.05) is 12.4 Å². The Bertz CT molecular complexity index is 353. The zero-order chi connectivity index (χ0) is 10.3. The van der Waals surface area contributed by atoms with E-state index in [0.29, 0.717) is 6.04 Å². The maximum atomic E-state index is 4.40. The maximum Gasteiger partial charge on any atom is 0.225 e. The highest BCUT2D eigenvalue weighted by atomic mass is 127. The fourth-order valence-electron chi connectivity index (χ4n) is 2.55. The topological polar surface area (TPSA) is 41.1 Å². The van der Waals surface area contributed by atoms with Crippen molar-refractivity contribution in [2.45, 2.75) is 12.5 Å². The third-order valence-electron chi connectivity index (χ3n) is 3.31. The van der Waals surface area contributed by atoms with Gasteiger partial charge in [0.15, 0.2) is 0 Å². The Labute approximate surface area is 103 Å². The molecular formula is C10H13IN4. The van der Waals surface area contributed by atoms with Crippen LogP contribution in [0.25, 0.3) is 0 Å². The van der Waals surface area contributed by atoms with Crippen molar-refractivity contribution < 1.29 is 0 Å². The van der Waals surface area contributed by atoms with Crippen molar-refractivity contribution in [2.75, 3.05) is 24.5 Å². The second kappa shape index (κ2) is 3.86. The van der Waals surface area contributed by atoms with Gasteiger partial charge in [-0.1, -0.05) is 0 Å². The van der Waals surface area contributed by atoms with Gasteiger partial charge in [0.2, 0.25) is 5.95 Å². The van der Waals surface area contributed by atoms with E-state index < -0.39 is 0 Å². The van der Waals surface area contributed by atoms with E-state index in [1.165, 1.54) is 6.42 Å². The van der Waals surface area contributed by atoms with E-state index in [-0.39, 0.29) is 0 Å². The van der Waals surface area contributed by atoms with Gasteiger partial charge in [0.05, 0.1) is 0 Å². The average Bonchev–Trinajstić information content (AvgIpc) is 2.80. The normalized spacial score (nSPS) is 29.5. The molecule has 0 radical (unpaired) electrons. The number of hydrogen-bond acceptors (Lipinski definition) is 4. The Morgan fingerprint density at radius 1 is 1.33 bits per heavy atom. The van der Waals surface area contributed by atoms with Crippen LogP contribution in [0.2, 0.25) is 0 Å². The number of aromatic nitrogens is 2. The molecule has 0 aliphatic carbocycles. The van der Waals surface area contributed by atoms with E-state index in [2.05, 4.69) is 42.8 Å². The van der Waals surface area contributed by atoms with Crippen molar-refractivity contribution >= 4 is 28.5 Å². The summed E-state index contributed by atoms with van der Waals surface area (Å²) >= 11 is 2.23. The first-order chi connectivity index (χ1) is 7.34. The van der Waals surface area contributed by atoms with E-state index >= 15 is 0 Å². The third kappa shape index (κ3) is 1.71. The van der Waals surface area contributed by atoms with Crippen molar-refractivity contribution in [3.63, 3.8) is 0 Å². The van der Waals surface area contributed by atoms with Crippen LogP contribution in [0.3, 0.4) is 0 Å². The van der Waals surface area contributed by atoms with E-state index in [1.54, 1.807) is 0 Å². The van der Waals surface area contributed by atoms with Crippen molar-refractivity contribution in [1.82, 2.24) is 15.3 Å². The number of nitrogens with zero attached hydrogens (tertiary/aromatic N) is 3. The predicted octanol–water partition coefficient (Wildman–Crippen LogP) is 0.879. The Morgan fingerprint density at radius 2 is 2.13 bits per heavy atom. The molecule has 0 aromatic carbocycles. The monoisotopic (exact) mass is 316 g/mol. The van der Waals surface area contributed by atoms with Crippen molar-refractivity contribution in [1.29, 1.82) is 0 Å². The summed E-state index contributed by atoms with van der Waals surface area (Å²) in [5, 5.41) is 3.44. The number of halogens is 1. The molecule has 3 heterocycles. The average molecular weight is 316 g/mol. The summed E-state index contributed by atoms with van der Waals surface area (Å²) in [6, 6.07) is 0.616. The van der Waals surface area contributed by atoms with Gasteiger partial charge in [-0.15, -0.1) is 0 Å². The van der Waals surface area contributed by atoms with Gasteiger partial charge in [-0.05, 0) is 34.9 Å². The number of fused-ring (bicyclic) bond motifs is 1. The first-order valence-electron chi connectivity index (χ1n) is 5.29. The molecule has 2 aliphatic rings. The lowest BCUT2D eigenvalue weighted by atomic mass is 10.1. The Balaban J connectivity index is 1.85. The van der Waals surface area contributed by atoms with E-state index in [0.717, 1.165) is 35.1 Å². The fourth-order valence-corrected chi connectivity index (χ4v) is 2.83. The van der Waals surface area contributed by atoms with Gasteiger partial charge in [-0.25, -0.2) is 9.97 Å². The molecular weight excluding hydrogens is 303 g/mol. The molecule has 2 saturated heterocycles. The summed E-state index contributed by atoms with van der Waals surface area (Å²) in [7, 11) is 0. The molecule has 0 unspecified atom stereocenters. The minimum atomic E-state index is 0.616. The lowest BCUT2D eigenvalue weighted by molar-refractivity contribution is 0.576. The standard InChI is InChI=1S/C10H13IN4/c11-8-4-13-10(14-5-8)15-2-1-7-3-12-6-9(7)15/h4-5,7,9,12H,1-3,6H2/t7-,9+/m0/s1.